The number of carbonyl (C=O) groups excluding carboxylic acids is 1. The predicted octanol–water partition coefficient (Wildman–Crippen LogP) is 5.51. The van der Waals surface area contributed by atoms with Gasteiger partial charge in [-0.3, -0.25) is 4.79 Å². The highest BCUT2D eigenvalue weighted by molar-refractivity contribution is 7.92. The van der Waals surface area contributed by atoms with Crippen LogP contribution in [0, 0.1) is 6.92 Å². The summed E-state index contributed by atoms with van der Waals surface area (Å²) in [4.78, 5) is 20.7. The second-order valence-corrected chi connectivity index (χ2v) is 12.4. The number of anilines is 2. The van der Waals surface area contributed by atoms with Gasteiger partial charge in [0.1, 0.15) is 5.83 Å². The Balaban J connectivity index is 2.02. The van der Waals surface area contributed by atoms with Gasteiger partial charge >= 0.3 is 10.2 Å². The third-order valence-corrected chi connectivity index (χ3v) is 8.71. The number of halogens is 2. The first kappa shape index (κ1) is 31.2. The van der Waals surface area contributed by atoms with Crippen LogP contribution < -0.4 is 4.31 Å². The number of pyridine rings is 1. The second-order valence-electron chi connectivity index (χ2n) is 10.5. The van der Waals surface area contributed by atoms with Crippen molar-refractivity contribution in [1.29, 1.82) is 0 Å². The molecule has 1 saturated heterocycles. The third-order valence-electron chi connectivity index (χ3n) is 7.21. The summed E-state index contributed by atoms with van der Waals surface area (Å²) >= 11 is 6.75. The number of aromatic nitrogens is 3. The van der Waals surface area contributed by atoms with Crippen molar-refractivity contribution in [2.24, 2.45) is 4.40 Å². The fraction of sp³-hybridized carbons (Fsp3) is 0.379. The Bertz CT molecular complexity index is 1640. The van der Waals surface area contributed by atoms with Crippen molar-refractivity contribution in [3.8, 4) is 0 Å². The van der Waals surface area contributed by atoms with Gasteiger partial charge < -0.3 is 9.80 Å². The number of nitrogens with zero attached hydrogens (tertiary/aromatic N) is 7. The zero-order chi connectivity index (χ0) is 31.1. The summed E-state index contributed by atoms with van der Waals surface area (Å²) in [6, 6.07) is 0.787. The van der Waals surface area contributed by atoms with Gasteiger partial charge in [-0.25, -0.2) is 14.1 Å². The molecule has 1 amide bonds. The minimum absolute atomic E-state index is 0.00761. The Morgan fingerprint density at radius 2 is 1.90 bits per heavy atom. The van der Waals surface area contributed by atoms with E-state index < -0.39 is 16.0 Å². The lowest BCUT2D eigenvalue weighted by Gasteiger charge is -2.46. The predicted molar refractivity (Wildman–Crippen MR) is 165 cm³/mol. The summed E-state index contributed by atoms with van der Waals surface area (Å²) in [5.74, 6) is -0.400. The molecule has 10 nitrogen and oxygen atoms in total. The smallest absolute Gasteiger partial charge is 0.349 e. The molecular weight excluding hydrogens is 581 g/mol. The Hall–Kier alpha value is -3.77. The molecule has 224 valence electrons. The molecule has 2 aliphatic heterocycles. The van der Waals surface area contributed by atoms with Crippen molar-refractivity contribution in [2.45, 2.75) is 59.7 Å². The quantitative estimate of drug-likeness (QED) is 0.313. The highest BCUT2D eigenvalue weighted by Crippen LogP contribution is 2.42. The maximum atomic E-state index is 15.1. The van der Waals surface area contributed by atoms with Gasteiger partial charge in [-0.2, -0.15) is 17.8 Å². The summed E-state index contributed by atoms with van der Waals surface area (Å²) in [7, 11) is -4.44. The topological polar surface area (TPSA) is 104 Å². The molecule has 4 heterocycles. The average Bonchev–Trinajstić information content (AvgIpc) is 3.32. The van der Waals surface area contributed by atoms with Crippen molar-refractivity contribution in [1.82, 2.24) is 24.6 Å². The molecule has 2 aromatic heterocycles. The monoisotopic (exact) mass is 615 g/mol. The van der Waals surface area contributed by atoms with Crippen LogP contribution in [0.25, 0.3) is 5.57 Å². The van der Waals surface area contributed by atoms with E-state index in [2.05, 4.69) is 22.7 Å². The molecule has 0 aliphatic carbocycles. The number of rotatable bonds is 6. The molecular formula is C29H35ClFN7O3S. The van der Waals surface area contributed by atoms with Crippen LogP contribution in [0.5, 0.6) is 0 Å². The molecule has 0 radical (unpaired) electrons. The second kappa shape index (κ2) is 11.8. The molecule has 0 unspecified atom stereocenters. The van der Waals surface area contributed by atoms with Crippen molar-refractivity contribution in [2.75, 3.05) is 17.4 Å². The fourth-order valence-corrected chi connectivity index (χ4v) is 6.74. The summed E-state index contributed by atoms with van der Waals surface area (Å²) in [6.07, 6.45) is 6.93. The number of hydrogen-bond acceptors (Lipinski definition) is 6. The average molecular weight is 616 g/mol. The van der Waals surface area contributed by atoms with Gasteiger partial charge in [-0.15, -0.1) is 4.40 Å². The Morgan fingerprint density at radius 1 is 1.21 bits per heavy atom. The van der Waals surface area contributed by atoms with Gasteiger partial charge in [-0.1, -0.05) is 43.0 Å². The number of fused-ring (bicyclic) bond motifs is 1. The number of amidine groups is 1. The number of hydrogen-bond donors (Lipinski definition) is 0. The number of aryl methyl sites for hydroxylation is 1. The van der Waals surface area contributed by atoms with E-state index in [1.54, 1.807) is 28.8 Å². The lowest BCUT2D eigenvalue weighted by Crippen LogP contribution is -2.60. The summed E-state index contributed by atoms with van der Waals surface area (Å²) in [5.41, 5.74) is 1.02. The number of piperazine rings is 1. The van der Waals surface area contributed by atoms with Gasteiger partial charge in [0.25, 0.3) is 0 Å². The van der Waals surface area contributed by atoms with E-state index in [1.165, 1.54) is 31.2 Å². The van der Waals surface area contributed by atoms with Crippen LogP contribution in [0.15, 0.2) is 59.9 Å². The highest BCUT2D eigenvalue weighted by atomic mass is 35.5. The molecule has 0 bridgehead atoms. The van der Waals surface area contributed by atoms with E-state index in [0.29, 0.717) is 24.2 Å². The zero-order valence-corrected chi connectivity index (χ0v) is 26.1. The normalized spacial score (nSPS) is 20.9. The SMILES string of the molecule is C=C/C=C(\C(F)=C/C)c1nc2c(cc1Cl)C(N1C[C@@H](C)N(C(=O)C=C)C[C@@H]1C)=NS(=O)(=O)N2c1c(C)cnn1C(C)C. The van der Waals surface area contributed by atoms with E-state index in [9.17, 15) is 13.2 Å². The van der Waals surface area contributed by atoms with Gasteiger partial charge in [0.2, 0.25) is 5.91 Å². The molecule has 42 heavy (non-hydrogen) atoms. The molecule has 2 aromatic rings. The van der Waals surface area contributed by atoms with Crippen LogP contribution in [0.1, 0.15) is 57.5 Å². The first-order valence-corrected chi connectivity index (χ1v) is 15.3. The summed E-state index contributed by atoms with van der Waals surface area (Å²) in [6.45, 7) is 18.7. The Labute approximate surface area is 251 Å². The lowest BCUT2D eigenvalue weighted by atomic mass is 10.0. The van der Waals surface area contributed by atoms with Gasteiger partial charge in [0.15, 0.2) is 17.5 Å². The fourth-order valence-electron chi connectivity index (χ4n) is 5.18. The minimum atomic E-state index is -4.44. The maximum absolute atomic E-state index is 15.1. The molecule has 2 aliphatic rings. The van der Waals surface area contributed by atoms with Crippen molar-refractivity contribution >= 4 is 50.8 Å². The summed E-state index contributed by atoms with van der Waals surface area (Å²) in [5, 5.41) is 4.50. The first-order valence-electron chi connectivity index (χ1n) is 13.5. The van der Waals surface area contributed by atoms with E-state index in [1.807, 2.05) is 32.6 Å². The molecule has 2 atom stereocenters. The molecule has 0 aromatic carbocycles. The van der Waals surface area contributed by atoms with Gasteiger partial charge in [0, 0.05) is 42.4 Å². The Kier molecular flexibility index (Phi) is 8.79. The minimum Gasteiger partial charge on any atom is -0.349 e. The molecule has 13 heteroatoms. The molecule has 0 N–H and O–H groups in total. The van der Waals surface area contributed by atoms with Crippen LogP contribution in [0.3, 0.4) is 0 Å². The number of amides is 1. The van der Waals surface area contributed by atoms with Crippen LogP contribution in [0.4, 0.5) is 16.0 Å². The van der Waals surface area contributed by atoms with E-state index >= 15 is 4.39 Å². The Morgan fingerprint density at radius 3 is 2.50 bits per heavy atom. The first-order chi connectivity index (χ1) is 19.8. The molecule has 0 spiro atoms. The van der Waals surface area contributed by atoms with E-state index in [-0.39, 0.29) is 57.8 Å². The molecule has 4 rings (SSSR count). The number of carbonyl (C=O) groups is 1. The number of allylic oxidation sites excluding steroid dienone is 5. The highest BCUT2D eigenvalue weighted by Gasteiger charge is 2.43. The van der Waals surface area contributed by atoms with Crippen LogP contribution in [-0.2, 0) is 15.0 Å². The van der Waals surface area contributed by atoms with Gasteiger partial charge in [0.05, 0.1) is 22.5 Å². The van der Waals surface area contributed by atoms with Crippen molar-refractivity contribution < 1.29 is 17.6 Å². The standard InChI is InChI=1S/C29H35ClFN7O3S/c1-9-12-21(24(31)10-2)26-23(30)13-22-27(33-26)38(29-18(6)14-32-37(29)17(4)5)42(40,41)34-28(22)36-16-19(7)35(15-20(36)8)25(39)11-3/h9-14,17,19-20H,1,3,15-16H2,2,4-8H3/b21-12+,24-10+/t19-,20+/m1/s1. The van der Waals surface area contributed by atoms with Crippen LogP contribution >= 0.6 is 11.6 Å². The lowest BCUT2D eigenvalue weighted by molar-refractivity contribution is -0.130. The van der Waals surface area contributed by atoms with E-state index in [0.717, 1.165) is 4.31 Å². The van der Waals surface area contributed by atoms with Crippen molar-refractivity contribution in [3.05, 3.63) is 77.4 Å². The molecule has 1 fully saturated rings. The molecule has 0 saturated carbocycles. The third kappa shape index (κ3) is 5.40. The van der Waals surface area contributed by atoms with Crippen molar-refractivity contribution in [3.63, 3.8) is 0 Å². The van der Waals surface area contributed by atoms with Crippen LogP contribution in [-0.4, -0.2) is 69.9 Å². The maximum Gasteiger partial charge on any atom is 0.353 e. The van der Waals surface area contributed by atoms with Crippen LogP contribution in [0.2, 0.25) is 5.02 Å². The van der Waals surface area contributed by atoms with E-state index in [4.69, 9.17) is 16.6 Å². The zero-order valence-electron chi connectivity index (χ0n) is 24.5. The summed E-state index contributed by atoms with van der Waals surface area (Å²) < 4.78 is 50.2. The largest absolute Gasteiger partial charge is 0.353 e. The van der Waals surface area contributed by atoms with Gasteiger partial charge in [-0.05, 0) is 53.7 Å².